The van der Waals surface area contributed by atoms with Gasteiger partial charge in [0.15, 0.2) is 0 Å². The Balaban J connectivity index is 1.70. The van der Waals surface area contributed by atoms with Gasteiger partial charge in [-0.25, -0.2) is 0 Å². The van der Waals surface area contributed by atoms with E-state index >= 15 is 0 Å². The molecule has 2 aromatic rings. The van der Waals surface area contributed by atoms with Gasteiger partial charge in [0.25, 0.3) is 0 Å². The number of hydrogen-bond acceptors (Lipinski definition) is 3. The Kier molecular flexibility index (Phi) is 4.57. The maximum atomic E-state index is 12.4. The summed E-state index contributed by atoms with van der Waals surface area (Å²) in [5, 5.41) is 7.72. The average molecular weight is 352 g/mol. The molecular formula is C21H28N4O. The van der Waals surface area contributed by atoms with Crippen molar-refractivity contribution in [3.63, 3.8) is 0 Å². The third kappa shape index (κ3) is 3.28. The summed E-state index contributed by atoms with van der Waals surface area (Å²) < 4.78 is 1.86. The lowest BCUT2D eigenvalue weighted by molar-refractivity contribution is -0.123. The quantitative estimate of drug-likeness (QED) is 0.923. The van der Waals surface area contributed by atoms with Crippen LogP contribution in [0.3, 0.4) is 0 Å². The second-order valence-electron chi connectivity index (χ2n) is 8.05. The first-order valence-electron chi connectivity index (χ1n) is 9.64. The molecule has 0 spiro atoms. The van der Waals surface area contributed by atoms with Crippen molar-refractivity contribution in [1.82, 2.24) is 20.0 Å². The fraction of sp³-hybridized carbons (Fsp3) is 0.524. The molecule has 0 aliphatic carbocycles. The minimum Gasteiger partial charge on any atom is -0.349 e. The number of nitrogens with zero attached hydrogens (tertiary/aromatic N) is 3. The fourth-order valence-electron chi connectivity index (χ4n) is 4.83. The summed E-state index contributed by atoms with van der Waals surface area (Å²) in [6.45, 7) is 3.10. The fourth-order valence-corrected chi connectivity index (χ4v) is 4.83. The number of amides is 1. The van der Waals surface area contributed by atoms with Crippen LogP contribution in [0.1, 0.15) is 56.2 Å². The highest BCUT2D eigenvalue weighted by Gasteiger charge is 2.50. The van der Waals surface area contributed by atoms with Crippen LogP contribution < -0.4 is 5.32 Å². The molecule has 2 aliphatic rings. The molecule has 3 atom stereocenters. The Morgan fingerprint density at radius 1 is 1.27 bits per heavy atom. The molecule has 0 saturated carbocycles. The van der Waals surface area contributed by atoms with Crippen LogP contribution in [0.25, 0.3) is 0 Å². The topological polar surface area (TPSA) is 50.2 Å². The standard InChI is InChI=1S/C21H28N4O/c1-21-12-18(17-8-4-3-5-9-17)25(15-16-13-22-24(2)14-16)19(21)10-6-7-11-20(26)23-21/h3-5,8-9,13-14,18-19H,6-7,10-12,15H2,1-2H3,(H,23,26)/t18-,19-,21-/m0/s1. The number of rotatable bonds is 3. The van der Waals surface area contributed by atoms with Gasteiger partial charge in [0, 0.05) is 43.9 Å². The summed E-state index contributed by atoms with van der Waals surface area (Å²) in [4.78, 5) is 14.9. The van der Waals surface area contributed by atoms with E-state index in [4.69, 9.17) is 0 Å². The van der Waals surface area contributed by atoms with Crippen LogP contribution in [0.15, 0.2) is 42.7 Å². The van der Waals surface area contributed by atoms with Crippen molar-refractivity contribution in [2.45, 2.75) is 63.2 Å². The summed E-state index contributed by atoms with van der Waals surface area (Å²) in [6.07, 6.45) is 8.88. The number of carbonyl (C=O) groups excluding carboxylic acids is 1. The molecule has 1 amide bonds. The predicted molar refractivity (Wildman–Crippen MR) is 101 cm³/mol. The molecule has 2 saturated heterocycles. The van der Waals surface area contributed by atoms with Crippen LogP contribution in [0, 0.1) is 0 Å². The molecule has 3 heterocycles. The first kappa shape index (κ1) is 17.3. The Labute approximate surface area is 155 Å². The zero-order valence-corrected chi connectivity index (χ0v) is 15.7. The van der Waals surface area contributed by atoms with Crippen LogP contribution in [0.4, 0.5) is 0 Å². The molecule has 0 radical (unpaired) electrons. The molecule has 1 N–H and O–H groups in total. The zero-order chi connectivity index (χ0) is 18.1. The summed E-state index contributed by atoms with van der Waals surface area (Å²) in [6, 6.07) is 11.4. The zero-order valence-electron chi connectivity index (χ0n) is 15.7. The lowest BCUT2D eigenvalue weighted by Gasteiger charge is -2.38. The molecular weight excluding hydrogens is 324 g/mol. The van der Waals surface area contributed by atoms with Gasteiger partial charge in [-0.15, -0.1) is 0 Å². The van der Waals surface area contributed by atoms with Gasteiger partial charge in [-0.05, 0) is 31.7 Å². The van der Waals surface area contributed by atoms with Crippen molar-refractivity contribution in [3.8, 4) is 0 Å². The summed E-state index contributed by atoms with van der Waals surface area (Å²) >= 11 is 0. The number of benzene rings is 1. The Bertz CT molecular complexity index is 771. The number of hydrogen-bond donors (Lipinski definition) is 1. The highest BCUT2D eigenvalue weighted by molar-refractivity contribution is 5.77. The highest BCUT2D eigenvalue weighted by Crippen LogP contribution is 2.45. The van der Waals surface area contributed by atoms with E-state index < -0.39 is 0 Å². The van der Waals surface area contributed by atoms with E-state index in [0.717, 1.165) is 32.2 Å². The van der Waals surface area contributed by atoms with Crippen molar-refractivity contribution >= 4 is 5.91 Å². The number of aromatic nitrogens is 2. The van der Waals surface area contributed by atoms with Crippen LogP contribution >= 0.6 is 0 Å². The number of nitrogens with one attached hydrogen (secondary N) is 1. The van der Waals surface area contributed by atoms with Crippen molar-refractivity contribution in [2.24, 2.45) is 7.05 Å². The van der Waals surface area contributed by atoms with Crippen molar-refractivity contribution in [1.29, 1.82) is 0 Å². The molecule has 26 heavy (non-hydrogen) atoms. The first-order valence-corrected chi connectivity index (χ1v) is 9.64. The summed E-state index contributed by atoms with van der Waals surface area (Å²) in [5.41, 5.74) is 2.38. The van der Waals surface area contributed by atoms with Gasteiger partial charge < -0.3 is 5.32 Å². The Hall–Kier alpha value is -2.14. The minimum absolute atomic E-state index is 0.180. The summed E-state index contributed by atoms with van der Waals surface area (Å²) in [5.74, 6) is 0.201. The van der Waals surface area contributed by atoms with Gasteiger partial charge in [0.1, 0.15) is 0 Å². The van der Waals surface area contributed by atoms with E-state index in [2.05, 4.69) is 58.8 Å². The number of aryl methyl sites for hydroxylation is 1. The smallest absolute Gasteiger partial charge is 0.220 e. The molecule has 1 aromatic carbocycles. The van der Waals surface area contributed by atoms with Crippen LogP contribution in [0.5, 0.6) is 0 Å². The Morgan fingerprint density at radius 2 is 2.08 bits per heavy atom. The number of fused-ring (bicyclic) bond motifs is 1. The van der Waals surface area contributed by atoms with Gasteiger partial charge in [0.2, 0.25) is 5.91 Å². The van der Waals surface area contributed by atoms with Gasteiger partial charge in [0.05, 0.1) is 11.7 Å². The molecule has 4 rings (SSSR count). The molecule has 5 nitrogen and oxygen atoms in total. The number of likely N-dealkylation sites (tertiary alicyclic amines) is 1. The lowest BCUT2D eigenvalue weighted by Crippen LogP contribution is -2.55. The van der Waals surface area contributed by atoms with E-state index in [0.29, 0.717) is 18.5 Å². The third-order valence-corrected chi connectivity index (χ3v) is 6.02. The van der Waals surface area contributed by atoms with E-state index in [9.17, 15) is 4.79 Å². The normalized spacial score (nSPS) is 29.7. The van der Waals surface area contributed by atoms with Crippen LogP contribution in [-0.4, -0.2) is 32.2 Å². The molecule has 2 aliphatic heterocycles. The SMILES string of the molecule is Cn1cc(CN2[C@H]3CCCCC(=O)N[C@@]3(C)C[C@H]2c2ccccc2)cn1. The van der Waals surface area contributed by atoms with E-state index in [1.165, 1.54) is 11.1 Å². The lowest BCUT2D eigenvalue weighted by atomic mass is 9.85. The minimum atomic E-state index is -0.180. The molecule has 0 bridgehead atoms. The van der Waals surface area contributed by atoms with Gasteiger partial charge in [-0.1, -0.05) is 36.8 Å². The second kappa shape index (κ2) is 6.88. The van der Waals surface area contributed by atoms with Crippen molar-refractivity contribution < 1.29 is 4.79 Å². The van der Waals surface area contributed by atoms with E-state index in [-0.39, 0.29) is 11.4 Å². The Morgan fingerprint density at radius 3 is 2.81 bits per heavy atom. The molecule has 138 valence electrons. The molecule has 0 unspecified atom stereocenters. The maximum absolute atomic E-state index is 12.4. The first-order chi connectivity index (χ1) is 12.5. The van der Waals surface area contributed by atoms with Crippen molar-refractivity contribution in [3.05, 3.63) is 53.9 Å². The highest BCUT2D eigenvalue weighted by atomic mass is 16.1. The van der Waals surface area contributed by atoms with Crippen LogP contribution in [-0.2, 0) is 18.4 Å². The predicted octanol–water partition coefficient (Wildman–Crippen LogP) is 3.18. The largest absolute Gasteiger partial charge is 0.349 e. The van der Waals surface area contributed by atoms with E-state index in [1.807, 2.05) is 17.9 Å². The molecule has 2 fully saturated rings. The van der Waals surface area contributed by atoms with E-state index in [1.54, 1.807) is 0 Å². The van der Waals surface area contributed by atoms with Crippen LogP contribution in [0.2, 0.25) is 0 Å². The molecule has 1 aromatic heterocycles. The average Bonchev–Trinajstić information content (AvgIpc) is 3.13. The van der Waals surface area contributed by atoms with Gasteiger partial charge in [-0.3, -0.25) is 14.4 Å². The van der Waals surface area contributed by atoms with Crippen molar-refractivity contribution in [2.75, 3.05) is 0 Å². The monoisotopic (exact) mass is 352 g/mol. The number of carbonyl (C=O) groups is 1. The van der Waals surface area contributed by atoms with Gasteiger partial charge in [-0.2, -0.15) is 5.10 Å². The maximum Gasteiger partial charge on any atom is 0.220 e. The summed E-state index contributed by atoms with van der Waals surface area (Å²) in [7, 11) is 1.96. The third-order valence-electron chi connectivity index (χ3n) is 6.02. The van der Waals surface area contributed by atoms with Gasteiger partial charge >= 0.3 is 0 Å². The molecule has 5 heteroatoms. The second-order valence-corrected chi connectivity index (χ2v) is 8.05.